The van der Waals surface area contributed by atoms with E-state index in [1.807, 2.05) is 86.2 Å². The zero-order valence-electron chi connectivity index (χ0n) is 18.7. The van der Waals surface area contributed by atoms with Crippen molar-refractivity contribution in [1.29, 1.82) is 0 Å². The van der Waals surface area contributed by atoms with Crippen molar-refractivity contribution in [3.63, 3.8) is 0 Å². The van der Waals surface area contributed by atoms with Gasteiger partial charge in [0.05, 0.1) is 29.2 Å². The van der Waals surface area contributed by atoms with Gasteiger partial charge in [0.25, 0.3) is 0 Å². The first-order valence-electron chi connectivity index (χ1n) is 10.9. The molecule has 1 amide bonds. The molecule has 6 nitrogen and oxygen atoms in total. The lowest BCUT2D eigenvalue weighted by atomic mass is 9.90. The minimum atomic E-state index is -3.00. The summed E-state index contributed by atoms with van der Waals surface area (Å²) >= 11 is 0. The summed E-state index contributed by atoms with van der Waals surface area (Å²) in [5.41, 5.74) is 4.65. The van der Waals surface area contributed by atoms with Gasteiger partial charge in [-0.05, 0) is 31.4 Å². The second kappa shape index (κ2) is 8.90. The number of amides is 1. The molecule has 168 valence electrons. The molecule has 32 heavy (non-hydrogen) atoms. The van der Waals surface area contributed by atoms with Crippen LogP contribution in [0.1, 0.15) is 46.5 Å². The second-order valence-electron chi connectivity index (χ2n) is 8.60. The van der Waals surface area contributed by atoms with Gasteiger partial charge in [0.15, 0.2) is 9.84 Å². The molecule has 0 bridgehead atoms. The third kappa shape index (κ3) is 4.48. The van der Waals surface area contributed by atoms with Gasteiger partial charge >= 0.3 is 0 Å². The average Bonchev–Trinajstić information content (AvgIpc) is 3.28. The van der Waals surface area contributed by atoms with Crippen LogP contribution in [0, 0.1) is 13.8 Å². The molecule has 3 aromatic rings. The third-order valence-corrected chi connectivity index (χ3v) is 8.06. The number of carbonyl (C=O) groups excluding carboxylic acids is 1. The minimum Gasteiger partial charge on any atom is -0.340 e. The maximum atomic E-state index is 13.6. The first-order chi connectivity index (χ1) is 15.3. The van der Waals surface area contributed by atoms with E-state index in [0.29, 0.717) is 13.0 Å². The first kappa shape index (κ1) is 22.3. The molecule has 1 atom stereocenters. The predicted octanol–water partition coefficient (Wildman–Crippen LogP) is 3.65. The number of benzene rings is 2. The summed E-state index contributed by atoms with van der Waals surface area (Å²) in [5, 5.41) is 4.65. The quantitative estimate of drug-likeness (QED) is 0.574. The zero-order valence-corrected chi connectivity index (χ0v) is 19.5. The van der Waals surface area contributed by atoms with Crippen LogP contribution in [0.3, 0.4) is 0 Å². The fraction of sp³-hybridized carbons (Fsp3) is 0.360. The Kier molecular flexibility index (Phi) is 6.20. The van der Waals surface area contributed by atoms with Crippen molar-refractivity contribution >= 4 is 15.7 Å². The van der Waals surface area contributed by atoms with Crippen molar-refractivity contribution in [2.45, 2.75) is 38.8 Å². The number of likely N-dealkylation sites (N-methyl/N-ethyl adjacent to an activating group) is 1. The van der Waals surface area contributed by atoms with Gasteiger partial charge in [-0.2, -0.15) is 5.10 Å². The molecule has 7 heteroatoms. The van der Waals surface area contributed by atoms with E-state index in [1.165, 1.54) is 0 Å². The third-order valence-electron chi connectivity index (χ3n) is 6.31. The van der Waals surface area contributed by atoms with Crippen LogP contribution in [0.4, 0.5) is 0 Å². The van der Waals surface area contributed by atoms with Gasteiger partial charge in [-0.3, -0.25) is 9.48 Å². The Balaban J connectivity index is 1.60. The Morgan fingerprint density at radius 3 is 2.12 bits per heavy atom. The molecular formula is C25H29N3O3S. The van der Waals surface area contributed by atoms with Crippen LogP contribution >= 0.6 is 0 Å². The number of nitrogens with zero attached hydrogens (tertiary/aromatic N) is 3. The van der Waals surface area contributed by atoms with Crippen LogP contribution in [-0.4, -0.2) is 47.6 Å². The molecule has 4 rings (SSSR count). The van der Waals surface area contributed by atoms with Crippen LogP contribution in [0.5, 0.6) is 0 Å². The maximum absolute atomic E-state index is 13.6. The Bertz CT molecular complexity index is 1160. The number of aromatic nitrogens is 2. The number of hydrogen-bond acceptors (Lipinski definition) is 4. The van der Waals surface area contributed by atoms with E-state index in [9.17, 15) is 13.2 Å². The molecule has 0 saturated carbocycles. The number of carbonyl (C=O) groups is 1. The molecule has 1 aliphatic rings. The Morgan fingerprint density at radius 2 is 1.62 bits per heavy atom. The Labute approximate surface area is 189 Å². The van der Waals surface area contributed by atoms with E-state index >= 15 is 0 Å². The molecule has 2 heterocycles. The lowest BCUT2D eigenvalue weighted by Crippen LogP contribution is -2.32. The van der Waals surface area contributed by atoms with Crippen LogP contribution in [0.2, 0.25) is 0 Å². The molecule has 2 aromatic carbocycles. The normalized spacial score (nSPS) is 17.6. The number of sulfone groups is 1. The summed E-state index contributed by atoms with van der Waals surface area (Å²) in [5.74, 6) is -0.0391. The molecular weight excluding hydrogens is 422 g/mol. The van der Waals surface area contributed by atoms with Crippen LogP contribution in [0.15, 0.2) is 60.7 Å². The molecule has 1 saturated heterocycles. The Hall–Kier alpha value is -2.93. The fourth-order valence-electron chi connectivity index (χ4n) is 4.55. The molecule has 0 aliphatic carbocycles. The highest BCUT2D eigenvalue weighted by atomic mass is 32.2. The summed E-state index contributed by atoms with van der Waals surface area (Å²) in [6, 6.07) is 19.5. The van der Waals surface area contributed by atoms with Crippen molar-refractivity contribution in [3.8, 4) is 0 Å². The highest BCUT2D eigenvalue weighted by Gasteiger charge is 2.32. The smallest absolute Gasteiger partial charge is 0.234 e. The highest BCUT2D eigenvalue weighted by molar-refractivity contribution is 7.91. The Morgan fingerprint density at radius 1 is 1.06 bits per heavy atom. The van der Waals surface area contributed by atoms with Gasteiger partial charge in [-0.15, -0.1) is 0 Å². The van der Waals surface area contributed by atoms with Gasteiger partial charge in [-0.1, -0.05) is 60.7 Å². The van der Waals surface area contributed by atoms with Gasteiger partial charge in [0.1, 0.15) is 0 Å². The van der Waals surface area contributed by atoms with Crippen molar-refractivity contribution in [2.75, 3.05) is 18.6 Å². The van der Waals surface area contributed by atoms with E-state index in [1.54, 1.807) is 4.90 Å². The van der Waals surface area contributed by atoms with Crippen LogP contribution in [0.25, 0.3) is 0 Å². The van der Waals surface area contributed by atoms with Gasteiger partial charge in [-0.25, -0.2) is 8.42 Å². The lowest BCUT2D eigenvalue weighted by Gasteiger charge is -2.25. The van der Waals surface area contributed by atoms with Crippen molar-refractivity contribution in [2.24, 2.45) is 0 Å². The average molecular weight is 452 g/mol. The van der Waals surface area contributed by atoms with Gasteiger partial charge in [0, 0.05) is 24.8 Å². The van der Waals surface area contributed by atoms with E-state index < -0.39 is 15.8 Å². The summed E-state index contributed by atoms with van der Waals surface area (Å²) < 4.78 is 25.7. The number of rotatable bonds is 6. The van der Waals surface area contributed by atoms with Crippen molar-refractivity contribution in [1.82, 2.24) is 14.7 Å². The van der Waals surface area contributed by atoms with E-state index in [2.05, 4.69) is 5.10 Å². The highest BCUT2D eigenvalue weighted by Crippen LogP contribution is 2.30. The molecule has 0 unspecified atom stereocenters. The topological polar surface area (TPSA) is 72.3 Å². The molecule has 1 aromatic heterocycles. The van der Waals surface area contributed by atoms with E-state index in [4.69, 9.17) is 0 Å². The fourth-order valence-corrected chi connectivity index (χ4v) is 6.25. The zero-order chi connectivity index (χ0) is 22.9. The van der Waals surface area contributed by atoms with Crippen LogP contribution < -0.4 is 0 Å². The molecule has 1 aliphatic heterocycles. The van der Waals surface area contributed by atoms with E-state index in [-0.39, 0.29) is 23.5 Å². The molecule has 0 radical (unpaired) electrons. The maximum Gasteiger partial charge on any atom is 0.234 e. The summed E-state index contributed by atoms with van der Waals surface area (Å²) in [6.07, 6.45) is 0.586. The number of aryl methyl sites for hydroxylation is 1. The molecule has 1 fully saturated rings. The van der Waals surface area contributed by atoms with Gasteiger partial charge in [0.2, 0.25) is 5.91 Å². The summed E-state index contributed by atoms with van der Waals surface area (Å²) in [4.78, 5) is 15.4. The summed E-state index contributed by atoms with van der Waals surface area (Å²) in [7, 11) is -1.18. The number of hydrogen-bond donors (Lipinski definition) is 0. The largest absolute Gasteiger partial charge is 0.340 e. The lowest BCUT2D eigenvalue weighted by molar-refractivity contribution is -0.131. The molecule has 0 N–H and O–H groups in total. The second-order valence-corrected chi connectivity index (χ2v) is 10.8. The predicted molar refractivity (Wildman–Crippen MR) is 125 cm³/mol. The van der Waals surface area contributed by atoms with Gasteiger partial charge < -0.3 is 4.90 Å². The standard InChI is InChI=1S/C25H29N3O3S/c1-18-23(19(2)28(26-18)22-14-15-32(30,31)17-22)16-27(3)25(29)24(20-10-6-4-7-11-20)21-12-8-5-9-13-21/h4-13,22,24H,14-17H2,1-3H3/t22-/m0/s1. The van der Waals surface area contributed by atoms with Crippen LogP contribution in [-0.2, 0) is 21.2 Å². The van der Waals surface area contributed by atoms with Crippen molar-refractivity contribution in [3.05, 3.63) is 88.7 Å². The minimum absolute atomic E-state index is 0.0115. The summed E-state index contributed by atoms with van der Waals surface area (Å²) in [6.45, 7) is 4.31. The SMILES string of the molecule is Cc1nn([C@H]2CCS(=O)(=O)C2)c(C)c1CN(C)C(=O)C(c1ccccc1)c1ccccc1. The van der Waals surface area contributed by atoms with E-state index in [0.717, 1.165) is 28.1 Å². The monoisotopic (exact) mass is 451 g/mol. The molecule has 0 spiro atoms. The van der Waals surface area contributed by atoms with Crippen molar-refractivity contribution < 1.29 is 13.2 Å². The first-order valence-corrected chi connectivity index (χ1v) is 12.7.